The van der Waals surface area contributed by atoms with E-state index >= 15 is 4.39 Å². The zero-order valence-corrected chi connectivity index (χ0v) is 21.6. The van der Waals surface area contributed by atoms with Gasteiger partial charge in [0.2, 0.25) is 0 Å². The molecule has 2 aromatic carbocycles. The molecule has 200 valence electrons. The van der Waals surface area contributed by atoms with Crippen molar-refractivity contribution in [2.45, 2.75) is 51.7 Å². The van der Waals surface area contributed by atoms with Gasteiger partial charge >= 0.3 is 0 Å². The fourth-order valence-corrected chi connectivity index (χ4v) is 4.58. The van der Waals surface area contributed by atoms with E-state index in [1.165, 1.54) is 12.1 Å². The molecule has 0 bridgehead atoms. The number of rotatable bonds is 11. The molecule has 0 spiro atoms. The van der Waals surface area contributed by atoms with Crippen LogP contribution in [-0.2, 0) is 10.7 Å². The molecule has 1 aliphatic rings. The topological polar surface area (TPSA) is 85.7 Å². The predicted molar refractivity (Wildman–Crippen MR) is 134 cm³/mol. The number of nitrogens with one attached hydrogen (secondary N) is 1. The highest BCUT2D eigenvalue weighted by Crippen LogP contribution is 2.51. The molecular formula is C27H32F3N3O4. The van der Waals surface area contributed by atoms with Crippen molar-refractivity contribution in [3.8, 4) is 11.5 Å². The number of halogens is 3. The summed E-state index contributed by atoms with van der Waals surface area (Å²) in [5.41, 5.74) is -0.306. The minimum absolute atomic E-state index is 0.0175. The van der Waals surface area contributed by atoms with Crippen LogP contribution in [0.5, 0.6) is 11.5 Å². The first-order chi connectivity index (χ1) is 17.5. The normalized spacial score (nSPS) is 16.4. The highest BCUT2D eigenvalue weighted by molar-refractivity contribution is 5.92. The van der Waals surface area contributed by atoms with Gasteiger partial charge in [-0.3, -0.25) is 0 Å². The maximum absolute atomic E-state index is 15.1. The zero-order chi connectivity index (χ0) is 27.0. The van der Waals surface area contributed by atoms with Gasteiger partial charge in [-0.25, -0.2) is 14.4 Å². The van der Waals surface area contributed by atoms with Crippen molar-refractivity contribution >= 4 is 16.7 Å². The Morgan fingerprint density at radius 2 is 1.86 bits per heavy atom. The van der Waals surface area contributed by atoms with Gasteiger partial charge in [0.1, 0.15) is 30.2 Å². The van der Waals surface area contributed by atoms with Crippen LogP contribution in [0.2, 0.25) is 0 Å². The Hall–Kier alpha value is -3.11. The fraction of sp³-hybridized carbons (Fsp3) is 0.481. The maximum atomic E-state index is 15.1. The Kier molecular flexibility index (Phi) is 7.52. The summed E-state index contributed by atoms with van der Waals surface area (Å²) in [5.74, 6) is -2.90. The molecule has 0 amide bonds. The van der Waals surface area contributed by atoms with Gasteiger partial charge in [0.15, 0.2) is 11.5 Å². The number of hydrogen-bond donors (Lipinski definition) is 2. The standard InChI is InChI=1S/C27H32F3N3O4/c1-15(18-7-6-8-20(24(18)28)27(29,30)13-34)31-25-19-11-23(37-16(2)26(9-10-26)14-35-4)22(36-5)12-21(19)32-17(3)33-25/h6-8,11-12,15-16,34H,9-10,13-14H2,1-5H3,(H,31,32,33)/t15-,16?/m1/s1. The highest BCUT2D eigenvalue weighted by Gasteiger charge is 2.49. The molecule has 37 heavy (non-hydrogen) atoms. The van der Waals surface area contributed by atoms with Crippen molar-refractivity contribution < 1.29 is 32.5 Å². The lowest BCUT2D eigenvalue weighted by molar-refractivity contribution is -0.0583. The van der Waals surface area contributed by atoms with Crippen LogP contribution >= 0.6 is 0 Å². The van der Waals surface area contributed by atoms with Crippen molar-refractivity contribution in [3.05, 3.63) is 53.1 Å². The van der Waals surface area contributed by atoms with Gasteiger partial charge in [-0.15, -0.1) is 0 Å². The molecule has 1 aliphatic carbocycles. The highest BCUT2D eigenvalue weighted by atomic mass is 19.3. The first kappa shape index (κ1) is 26.9. The molecule has 4 rings (SSSR count). The van der Waals surface area contributed by atoms with E-state index in [1.54, 1.807) is 40.2 Å². The number of methoxy groups -OCH3 is 2. The lowest BCUT2D eigenvalue weighted by Crippen LogP contribution is -2.29. The number of aryl methyl sites for hydroxylation is 1. The lowest BCUT2D eigenvalue weighted by Gasteiger charge is -2.25. The molecule has 1 heterocycles. The molecule has 0 radical (unpaired) electrons. The molecule has 0 saturated heterocycles. The Bertz CT molecular complexity index is 1280. The smallest absolute Gasteiger partial charge is 0.298 e. The molecule has 1 fully saturated rings. The van der Waals surface area contributed by atoms with Gasteiger partial charge in [0.05, 0.1) is 30.8 Å². The summed E-state index contributed by atoms with van der Waals surface area (Å²) >= 11 is 0. The van der Waals surface area contributed by atoms with Gasteiger partial charge in [0, 0.05) is 29.5 Å². The fourth-order valence-electron chi connectivity index (χ4n) is 4.58. The van der Waals surface area contributed by atoms with Gasteiger partial charge in [-0.2, -0.15) is 8.78 Å². The molecule has 0 aliphatic heterocycles. The lowest BCUT2D eigenvalue weighted by atomic mass is 10.00. The predicted octanol–water partition coefficient (Wildman–Crippen LogP) is 5.54. The number of alkyl halides is 2. The zero-order valence-electron chi connectivity index (χ0n) is 21.6. The first-order valence-electron chi connectivity index (χ1n) is 12.1. The summed E-state index contributed by atoms with van der Waals surface area (Å²) in [6.45, 7) is 4.47. The van der Waals surface area contributed by atoms with Gasteiger partial charge in [-0.1, -0.05) is 12.1 Å². The average Bonchev–Trinajstić information content (AvgIpc) is 3.65. The molecule has 7 nitrogen and oxygen atoms in total. The van der Waals surface area contributed by atoms with Crippen LogP contribution in [0.3, 0.4) is 0 Å². The summed E-state index contributed by atoms with van der Waals surface area (Å²) in [7, 11) is 3.22. The number of anilines is 1. The number of aliphatic hydroxyl groups excluding tert-OH is 1. The number of fused-ring (bicyclic) bond motifs is 1. The van der Waals surface area contributed by atoms with Crippen LogP contribution < -0.4 is 14.8 Å². The number of ether oxygens (including phenoxy) is 3. The number of nitrogens with zero attached hydrogens (tertiary/aromatic N) is 2. The van der Waals surface area contributed by atoms with Crippen molar-refractivity contribution in [2.75, 3.05) is 32.8 Å². The summed E-state index contributed by atoms with van der Waals surface area (Å²) in [6.07, 6.45) is 1.88. The Balaban J connectivity index is 1.71. The maximum Gasteiger partial charge on any atom is 0.298 e. The summed E-state index contributed by atoms with van der Waals surface area (Å²) in [5, 5.41) is 12.8. The Labute approximate surface area is 214 Å². The van der Waals surface area contributed by atoms with Crippen LogP contribution in [0.15, 0.2) is 30.3 Å². The molecular weight excluding hydrogens is 487 g/mol. The first-order valence-corrected chi connectivity index (χ1v) is 12.1. The number of aromatic nitrogens is 2. The third-order valence-corrected chi connectivity index (χ3v) is 7.02. The SMILES string of the molecule is COCC1(C(C)Oc2cc3c(N[C@H](C)c4cccc(C(F)(F)CO)c4F)nc(C)nc3cc2OC)CC1. The van der Waals surface area contributed by atoms with Crippen molar-refractivity contribution in [1.82, 2.24) is 9.97 Å². The van der Waals surface area contributed by atoms with E-state index in [0.717, 1.165) is 18.9 Å². The molecule has 3 aromatic rings. The molecule has 1 unspecified atom stereocenters. The Morgan fingerprint density at radius 1 is 1.14 bits per heavy atom. The summed E-state index contributed by atoms with van der Waals surface area (Å²) in [6, 6.07) is 6.53. The van der Waals surface area contributed by atoms with Crippen molar-refractivity contribution in [3.63, 3.8) is 0 Å². The third-order valence-electron chi connectivity index (χ3n) is 7.02. The van der Waals surface area contributed by atoms with Crippen molar-refractivity contribution in [1.29, 1.82) is 0 Å². The van der Waals surface area contributed by atoms with E-state index in [1.807, 2.05) is 6.92 Å². The van der Waals surface area contributed by atoms with Crippen LogP contribution in [0.25, 0.3) is 10.9 Å². The van der Waals surface area contributed by atoms with Crippen LogP contribution in [0.1, 0.15) is 49.7 Å². The minimum Gasteiger partial charge on any atom is -0.493 e. The van der Waals surface area contributed by atoms with Crippen LogP contribution in [0.4, 0.5) is 19.0 Å². The summed E-state index contributed by atoms with van der Waals surface area (Å²) in [4.78, 5) is 9.00. The van der Waals surface area contributed by atoms with Gasteiger partial charge < -0.3 is 24.6 Å². The number of hydrogen-bond acceptors (Lipinski definition) is 7. The quantitative estimate of drug-likeness (QED) is 0.344. The molecule has 1 saturated carbocycles. The van der Waals surface area contributed by atoms with Crippen LogP contribution in [0, 0.1) is 18.2 Å². The third kappa shape index (κ3) is 5.31. The Morgan fingerprint density at radius 3 is 2.49 bits per heavy atom. The summed E-state index contributed by atoms with van der Waals surface area (Å²) < 4.78 is 60.5. The van der Waals surface area contributed by atoms with E-state index in [4.69, 9.17) is 19.3 Å². The van der Waals surface area contributed by atoms with Gasteiger partial charge in [0.25, 0.3) is 5.92 Å². The van der Waals surface area contributed by atoms with E-state index < -0.39 is 30.0 Å². The molecule has 10 heteroatoms. The van der Waals surface area contributed by atoms with E-state index in [2.05, 4.69) is 15.3 Å². The van der Waals surface area contributed by atoms with Gasteiger partial charge in [-0.05, 0) is 45.7 Å². The van der Waals surface area contributed by atoms with E-state index in [9.17, 15) is 8.78 Å². The van der Waals surface area contributed by atoms with Crippen LogP contribution in [-0.4, -0.2) is 48.6 Å². The molecule has 2 N–H and O–H groups in total. The van der Waals surface area contributed by atoms with E-state index in [-0.39, 0.29) is 17.1 Å². The molecule has 2 atom stereocenters. The van der Waals surface area contributed by atoms with E-state index in [0.29, 0.717) is 40.7 Å². The second-order valence-corrected chi connectivity index (χ2v) is 9.63. The largest absolute Gasteiger partial charge is 0.493 e. The minimum atomic E-state index is -3.70. The second-order valence-electron chi connectivity index (χ2n) is 9.63. The average molecular weight is 520 g/mol. The molecule has 1 aromatic heterocycles. The number of aliphatic hydroxyl groups is 1. The number of benzene rings is 2. The van der Waals surface area contributed by atoms with Crippen molar-refractivity contribution in [2.24, 2.45) is 5.41 Å². The monoisotopic (exact) mass is 519 g/mol. The second kappa shape index (κ2) is 10.3.